The normalized spacial score (nSPS) is 22.3. The maximum Gasteiger partial charge on any atom is 0.322 e. The van der Waals surface area contributed by atoms with Gasteiger partial charge < -0.3 is 10.2 Å². The zero-order chi connectivity index (χ0) is 18.4. The number of hydrogen-bond acceptors (Lipinski definition) is 6. The van der Waals surface area contributed by atoms with Gasteiger partial charge in [0.25, 0.3) is 5.91 Å². The molecule has 1 atom stereocenters. The van der Waals surface area contributed by atoms with Crippen LogP contribution in [0.2, 0.25) is 0 Å². The van der Waals surface area contributed by atoms with E-state index in [1.54, 1.807) is 4.52 Å². The summed E-state index contributed by atoms with van der Waals surface area (Å²) in [7, 11) is 0. The molecule has 2 fully saturated rings. The van der Waals surface area contributed by atoms with Crippen molar-refractivity contribution in [2.24, 2.45) is 0 Å². The highest BCUT2D eigenvalue weighted by Crippen LogP contribution is 2.28. The lowest BCUT2D eigenvalue weighted by Crippen LogP contribution is -2.58. The van der Waals surface area contributed by atoms with Gasteiger partial charge in [-0.15, -0.1) is 15.3 Å². The number of fused-ring (bicyclic) bond motifs is 1. The lowest BCUT2D eigenvalue weighted by atomic mass is 9.89. The van der Waals surface area contributed by atoms with E-state index in [1.807, 2.05) is 47.4 Å². The molecular weight excluding hydrogens is 346 g/mol. The van der Waals surface area contributed by atoms with Crippen molar-refractivity contribution in [3.63, 3.8) is 0 Å². The fourth-order valence-corrected chi connectivity index (χ4v) is 3.78. The van der Waals surface area contributed by atoms with E-state index in [1.165, 1.54) is 0 Å². The summed E-state index contributed by atoms with van der Waals surface area (Å²) < 4.78 is 1.71. The van der Waals surface area contributed by atoms with E-state index < -0.39 is 11.6 Å². The molecule has 0 bridgehead atoms. The van der Waals surface area contributed by atoms with Crippen molar-refractivity contribution in [2.45, 2.75) is 18.4 Å². The molecule has 2 aromatic heterocycles. The van der Waals surface area contributed by atoms with E-state index in [9.17, 15) is 9.59 Å². The molecule has 2 saturated heterocycles. The second-order valence-corrected chi connectivity index (χ2v) is 6.87. The van der Waals surface area contributed by atoms with Crippen LogP contribution < -0.4 is 15.5 Å². The molecule has 0 aliphatic carbocycles. The summed E-state index contributed by atoms with van der Waals surface area (Å²) in [5, 5.41) is 18.3. The molecule has 1 unspecified atom stereocenters. The Morgan fingerprint density at radius 1 is 1.04 bits per heavy atom. The fraction of sp³-hybridized carbons (Fsp3) is 0.278. The second-order valence-electron chi connectivity index (χ2n) is 6.87. The fourth-order valence-electron chi connectivity index (χ4n) is 3.78. The van der Waals surface area contributed by atoms with E-state index in [0.29, 0.717) is 30.3 Å². The van der Waals surface area contributed by atoms with Crippen LogP contribution in [0.25, 0.3) is 17.0 Å². The highest BCUT2D eigenvalue weighted by Gasteiger charge is 2.49. The number of carbonyl (C=O) groups excluding carboxylic acids is 2. The molecule has 4 heterocycles. The van der Waals surface area contributed by atoms with Gasteiger partial charge in [0, 0.05) is 12.1 Å². The summed E-state index contributed by atoms with van der Waals surface area (Å²) >= 11 is 0. The summed E-state index contributed by atoms with van der Waals surface area (Å²) in [6, 6.07) is 13.0. The number of nitrogens with zero attached hydrogens (tertiary/aromatic N) is 5. The lowest BCUT2D eigenvalue weighted by molar-refractivity contribution is -0.124. The minimum absolute atomic E-state index is 0.271. The molecule has 0 radical (unpaired) electrons. The Morgan fingerprint density at radius 3 is 2.67 bits per heavy atom. The highest BCUT2D eigenvalue weighted by atomic mass is 16.2. The number of amides is 3. The minimum Gasteiger partial charge on any atom is -0.352 e. The average molecular weight is 363 g/mol. The number of aromatic nitrogens is 4. The Morgan fingerprint density at radius 2 is 1.89 bits per heavy atom. The predicted octanol–water partition coefficient (Wildman–Crippen LogP) is 0.970. The van der Waals surface area contributed by atoms with Gasteiger partial charge in [0.05, 0.1) is 6.54 Å². The number of benzene rings is 1. The SMILES string of the molecule is O=C1NC(=O)C2(CCCN(c3ccc4nnc(-c5ccccc5)n4n3)C2)N1. The molecule has 27 heavy (non-hydrogen) atoms. The van der Waals surface area contributed by atoms with Gasteiger partial charge in [-0.25, -0.2) is 4.79 Å². The van der Waals surface area contributed by atoms with Crippen LogP contribution in [-0.2, 0) is 4.79 Å². The third kappa shape index (κ3) is 2.50. The summed E-state index contributed by atoms with van der Waals surface area (Å²) in [5.74, 6) is 1.10. The van der Waals surface area contributed by atoms with E-state index in [4.69, 9.17) is 5.10 Å². The first-order valence-corrected chi connectivity index (χ1v) is 8.81. The van der Waals surface area contributed by atoms with E-state index in [0.717, 1.165) is 18.5 Å². The van der Waals surface area contributed by atoms with Gasteiger partial charge in [0.15, 0.2) is 11.5 Å². The van der Waals surface area contributed by atoms with Crippen LogP contribution in [0, 0.1) is 0 Å². The molecule has 3 amide bonds. The molecular formula is C18H17N7O2. The quantitative estimate of drug-likeness (QED) is 0.658. The van der Waals surface area contributed by atoms with Crippen molar-refractivity contribution < 1.29 is 9.59 Å². The van der Waals surface area contributed by atoms with Gasteiger partial charge in [-0.3, -0.25) is 10.1 Å². The van der Waals surface area contributed by atoms with Crippen LogP contribution in [0.5, 0.6) is 0 Å². The van der Waals surface area contributed by atoms with Gasteiger partial charge in [0.2, 0.25) is 0 Å². The smallest absolute Gasteiger partial charge is 0.322 e. The second kappa shape index (κ2) is 5.76. The molecule has 9 nitrogen and oxygen atoms in total. The number of carbonyl (C=O) groups is 2. The maximum atomic E-state index is 12.3. The monoisotopic (exact) mass is 363 g/mol. The average Bonchev–Trinajstić information content (AvgIpc) is 3.22. The molecule has 9 heteroatoms. The largest absolute Gasteiger partial charge is 0.352 e. The number of hydrogen-bond donors (Lipinski definition) is 2. The van der Waals surface area contributed by atoms with Gasteiger partial charge in [-0.2, -0.15) is 4.52 Å². The van der Waals surface area contributed by atoms with Crippen LogP contribution in [-0.4, -0.2) is 50.4 Å². The zero-order valence-electron chi connectivity index (χ0n) is 14.4. The third-order valence-corrected chi connectivity index (χ3v) is 5.11. The summed E-state index contributed by atoms with van der Waals surface area (Å²) in [5.41, 5.74) is 0.685. The van der Waals surface area contributed by atoms with Crippen LogP contribution in [0.15, 0.2) is 42.5 Å². The molecule has 2 aliphatic heterocycles. The minimum atomic E-state index is -0.887. The van der Waals surface area contributed by atoms with Gasteiger partial charge in [-0.1, -0.05) is 30.3 Å². The molecule has 0 saturated carbocycles. The molecule has 3 aromatic rings. The van der Waals surface area contributed by atoms with Crippen LogP contribution in [0.3, 0.4) is 0 Å². The number of rotatable bonds is 2. The van der Waals surface area contributed by atoms with Gasteiger partial charge in [-0.05, 0) is 25.0 Å². The first-order valence-electron chi connectivity index (χ1n) is 8.81. The number of imide groups is 1. The van der Waals surface area contributed by atoms with Crippen molar-refractivity contribution in [1.29, 1.82) is 0 Å². The molecule has 136 valence electrons. The van der Waals surface area contributed by atoms with Crippen molar-refractivity contribution in [3.05, 3.63) is 42.5 Å². The maximum absolute atomic E-state index is 12.3. The third-order valence-electron chi connectivity index (χ3n) is 5.11. The van der Waals surface area contributed by atoms with Crippen molar-refractivity contribution in [3.8, 4) is 11.4 Å². The number of nitrogens with one attached hydrogen (secondary N) is 2. The molecule has 2 aliphatic rings. The Bertz CT molecular complexity index is 1050. The van der Waals surface area contributed by atoms with E-state index in [2.05, 4.69) is 20.8 Å². The summed E-state index contributed by atoms with van der Waals surface area (Å²) in [4.78, 5) is 25.9. The van der Waals surface area contributed by atoms with E-state index >= 15 is 0 Å². The first-order chi connectivity index (χ1) is 13.1. The van der Waals surface area contributed by atoms with Crippen molar-refractivity contribution in [1.82, 2.24) is 30.4 Å². The molecule has 5 rings (SSSR count). The van der Waals surface area contributed by atoms with Crippen molar-refractivity contribution >= 4 is 23.4 Å². The first kappa shape index (κ1) is 15.7. The summed E-state index contributed by atoms with van der Waals surface area (Å²) in [6.07, 6.45) is 1.40. The molecule has 2 N–H and O–H groups in total. The number of urea groups is 1. The van der Waals surface area contributed by atoms with Gasteiger partial charge in [0.1, 0.15) is 11.4 Å². The van der Waals surface area contributed by atoms with Crippen LogP contribution >= 0.6 is 0 Å². The standard InChI is InChI=1S/C18H17N7O2/c26-16-18(20-17(27)19-16)9-4-10-24(11-18)14-8-7-13-21-22-15(25(13)23-14)12-5-2-1-3-6-12/h1-3,5-8H,4,9-11H2,(H2,19,20,26,27). The topological polar surface area (TPSA) is 105 Å². The zero-order valence-corrected chi connectivity index (χ0v) is 14.4. The summed E-state index contributed by atoms with van der Waals surface area (Å²) in [6.45, 7) is 1.14. The predicted molar refractivity (Wildman–Crippen MR) is 97.1 cm³/mol. The number of piperidine rings is 1. The Kier molecular flexibility index (Phi) is 3.36. The van der Waals surface area contributed by atoms with Crippen molar-refractivity contribution in [2.75, 3.05) is 18.0 Å². The lowest BCUT2D eigenvalue weighted by Gasteiger charge is -2.38. The molecule has 1 spiro atoms. The van der Waals surface area contributed by atoms with Crippen LogP contribution in [0.4, 0.5) is 10.6 Å². The van der Waals surface area contributed by atoms with Gasteiger partial charge >= 0.3 is 6.03 Å². The Labute approximate surface area is 154 Å². The van der Waals surface area contributed by atoms with Crippen LogP contribution in [0.1, 0.15) is 12.8 Å². The Balaban J connectivity index is 1.52. The Hall–Kier alpha value is -3.49. The highest BCUT2D eigenvalue weighted by molar-refractivity contribution is 6.07. The number of anilines is 1. The molecule has 1 aromatic carbocycles. The van der Waals surface area contributed by atoms with E-state index in [-0.39, 0.29) is 5.91 Å².